The SMILES string of the molecule is C[Si]1(C)c2ccc(C(F)(F)F)cc2-[c-]2cccc21. The van der Waals surface area contributed by atoms with E-state index in [4.69, 9.17) is 0 Å². The molecule has 0 atom stereocenters. The van der Waals surface area contributed by atoms with Crippen molar-refractivity contribution in [3.63, 3.8) is 0 Å². The molecule has 0 N–H and O–H groups in total. The molecule has 1 aliphatic rings. The van der Waals surface area contributed by atoms with Gasteiger partial charge >= 0.3 is 6.18 Å². The first-order chi connectivity index (χ1) is 8.32. The Balaban J connectivity index is 2.27. The Labute approximate surface area is 104 Å². The Kier molecular flexibility index (Phi) is 2.15. The lowest BCUT2D eigenvalue weighted by atomic mass is 10.1. The maximum atomic E-state index is 12.8. The van der Waals surface area contributed by atoms with Crippen LogP contribution in [-0.4, -0.2) is 8.07 Å². The van der Waals surface area contributed by atoms with E-state index in [2.05, 4.69) is 19.2 Å². The van der Waals surface area contributed by atoms with E-state index < -0.39 is 19.8 Å². The fourth-order valence-electron chi connectivity index (χ4n) is 2.83. The third kappa shape index (κ3) is 1.41. The van der Waals surface area contributed by atoms with Crippen LogP contribution in [0.5, 0.6) is 0 Å². The van der Waals surface area contributed by atoms with E-state index in [0.717, 1.165) is 16.3 Å². The molecular formula is C14H12F3Si-. The van der Waals surface area contributed by atoms with E-state index in [0.29, 0.717) is 0 Å². The predicted octanol–water partition coefficient (Wildman–Crippen LogP) is 3.23. The normalized spacial score (nSPS) is 16.5. The van der Waals surface area contributed by atoms with Gasteiger partial charge in [-0.3, -0.25) is 0 Å². The number of hydrogen-bond donors (Lipinski definition) is 0. The van der Waals surface area contributed by atoms with Crippen LogP contribution in [-0.2, 0) is 6.18 Å². The maximum Gasteiger partial charge on any atom is 0.409 e. The summed E-state index contributed by atoms with van der Waals surface area (Å²) in [5.41, 5.74) is 1.22. The van der Waals surface area contributed by atoms with Gasteiger partial charge in [-0.15, -0.1) is 28.1 Å². The number of halogens is 3. The number of rotatable bonds is 0. The summed E-state index contributed by atoms with van der Waals surface area (Å²) in [6.07, 6.45) is -4.27. The molecule has 0 radical (unpaired) electrons. The fourth-order valence-corrected chi connectivity index (χ4v) is 5.91. The maximum absolute atomic E-state index is 12.8. The molecule has 2 aromatic carbocycles. The van der Waals surface area contributed by atoms with Crippen molar-refractivity contribution in [2.45, 2.75) is 19.3 Å². The van der Waals surface area contributed by atoms with Gasteiger partial charge in [-0.1, -0.05) is 30.8 Å². The highest BCUT2D eigenvalue weighted by molar-refractivity contribution is 7.03. The lowest BCUT2D eigenvalue weighted by Gasteiger charge is -2.23. The molecule has 3 rings (SSSR count). The van der Waals surface area contributed by atoms with Crippen LogP contribution < -0.4 is 10.4 Å². The molecule has 0 saturated heterocycles. The molecule has 0 aromatic heterocycles. The van der Waals surface area contributed by atoms with Crippen LogP contribution >= 0.6 is 0 Å². The minimum atomic E-state index is -4.27. The summed E-state index contributed by atoms with van der Waals surface area (Å²) in [6.45, 7) is 4.37. The van der Waals surface area contributed by atoms with Gasteiger partial charge in [0, 0.05) is 5.56 Å². The van der Waals surface area contributed by atoms with Crippen LogP contribution in [0, 0.1) is 0 Å². The van der Waals surface area contributed by atoms with Crippen LogP contribution in [0.15, 0.2) is 36.4 Å². The zero-order chi connectivity index (χ0) is 13.1. The van der Waals surface area contributed by atoms with Gasteiger partial charge in [0.1, 0.15) is 0 Å². The van der Waals surface area contributed by atoms with Crippen molar-refractivity contribution in [1.29, 1.82) is 0 Å². The highest BCUT2D eigenvalue weighted by Gasteiger charge is 2.35. The number of hydrogen-bond acceptors (Lipinski definition) is 0. The molecule has 1 heterocycles. The molecule has 0 amide bonds. The highest BCUT2D eigenvalue weighted by atomic mass is 28.3. The van der Waals surface area contributed by atoms with Gasteiger partial charge in [-0.2, -0.15) is 25.3 Å². The van der Waals surface area contributed by atoms with Crippen LogP contribution in [0.3, 0.4) is 0 Å². The predicted molar refractivity (Wildman–Crippen MR) is 69.2 cm³/mol. The zero-order valence-electron chi connectivity index (χ0n) is 10.1. The van der Waals surface area contributed by atoms with Gasteiger partial charge in [0.25, 0.3) is 0 Å². The van der Waals surface area contributed by atoms with E-state index in [1.807, 2.05) is 12.1 Å². The third-order valence-electron chi connectivity index (χ3n) is 3.80. The molecule has 0 aliphatic carbocycles. The summed E-state index contributed by atoms with van der Waals surface area (Å²) in [4.78, 5) is 0. The second kappa shape index (κ2) is 3.32. The fraction of sp³-hybridized carbons (Fsp3) is 0.214. The van der Waals surface area contributed by atoms with Crippen molar-refractivity contribution in [3.8, 4) is 11.1 Å². The van der Waals surface area contributed by atoms with Crippen LogP contribution in [0.2, 0.25) is 13.1 Å². The van der Waals surface area contributed by atoms with Crippen molar-refractivity contribution in [1.82, 2.24) is 0 Å². The number of fused-ring (bicyclic) bond motifs is 3. The van der Waals surface area contributed by atoms with Crippen LogP contribution in [0.25, 0.3) is 11.1 Å². The average molecular weight is 265 g/mol. The number of alkyl halides is 3. The standard InChI is InChI=1S/C14H12F3Si/c1-18(2)12-5-3-4-10(12)11-8-9(14(15,16)17)6-7-13(11)18/h3-8H,1-2H3/q-1. The molecule has 0 spiro atoms. The Morgan fingerprint density at radius 1 is 1.11 bits per heavy atom. The smallest absolute Gasteiger partial charge is 0.167 e. The quantitative estimate of drug-likeness (QED) is 0.507. The molecule has 4 heteroatoms. The topological polar surface area (TPSA) is 0 Å². The first kappa shape index (κ1) is 11.7. The lowest BCUT2D eigenvalue weighted by Crippen LogP contribution is -2.48. The van der Waals surface area contributed by atoms with Crippen molar-refractivity contribution in [3.05, 3.63) is 42.0 Å². The number of benzene rings is 1. The summed E-state index contributed by atoms with van der Waals surface area (Å²) in [5.74, 6) is 0. The van der Waals surface area contributed by atoms with Crippen molar-refractivity contribution in [2.75, 3.05) is 0 Å². The molecule has 1 aliphatic heterocycles. The van der Waals surface area contributed by atoms with Crippen molar-refractivity contribution < 1.29 is 13.2 Å². The minimum absolute atomic E-state index is 0.555. The highest BCUT2D eigenvalue weighted by Crippen LogP contribution is 2.35. The molecular weight excluding hydrogens is 253 g/mol. The first-order valence-electron chi connectivity index (χ1n) is 5.80. The first-order valence-corrected chi connectivity index (χ1v) is 8.80. The molecule has 18 heavy (non-hydrogen) atoms. The van der Waals surface area contributed by atoms with E-state index in [1.165, 1.54) is 17.3 Å². The van der Waals surface area contributed by atoms with Crippen molar-refractivity contribution >= 4 is 18.4 Å². The Morgan fingerprint density at radius 2 is 1.83 bits per heavy atom. The van der Waals surface area contributed by atoms with Gasteiger partial charge in [0.2, 0.25) is 0 Å². The monoisotopic (exact) mass is 265 g/mol. The second-order valence-corrected chi connectivity index (χ2v) is 9.56. The Bertz CT molecular complexity index is 620. The lowest BCUT2D eigenvalue weighted by molar-refractivity contribution is -0.137. The Hall–Kier alpha value is -1.42. The molecule has 0 nitrogen and oxygen atoms in total. The molecule has 0 fully saturated rings. The summed E-state index contributed by atoms with van der Waals surface area (Å²) in [6, 6.07) is 10.1. The summed E-state index contributed by atoms with van der Waals surface area (Å²) in [5, 5.41) is 2.36. The van der Waals surface area contributed by atoms with E-state index in [1.54, 1.807) is 6.07 Å². The minimum Gasteiger partial charge on any atom is -0.167 e. The van der Waals surface area contributed by atoms with E-state index >= 15 is 0 Å². The molecule has 2 aromatic rings. The molecule has 94 valence electrons. The van der Waals surface area contributed by atoms with Crippen LogP contribution in [0.1, 0.15) is 5.56 Å². The molecule has 0 bridgehead atoms. The molecule has 0 saturated carbocycles. The van der Waals surface area contributed by atoms with E-state index in [-0.39, 0.29) is 0 Å². The van der Waals surface area contributed by atoms with Gasteiger partial charge in [-0.25, -0.2) is 0 Å². The second-order valence-electron chi connectivity index (χ2n) is 5.24. The van der Waals surface area contributed by atoms with Crippen molar-refractivity contribution in [2.24, 2.45) is 0 Å². The third-order valence-corrected chi connectivity index (χ3v) is 7.37. The van der Waals surface area contributed by atoms with Gasteiger partial charge in [-0.05, 0) is 0 Å². The van der Waals surface area contributed by atoms with Crippen LogP contribution in [0.4, 0.5) is 13.2 Å². The van der Waals surface area contributed by atoms with Gasteiger partial charge in [0.15, 0.2) is 0 Å². The summed E-state index contributed by atoms with van der Waals surface area (Å²) >= 11 is 0. The summed E-state index contributed by atoms with van der Waals surface area (Å²) in [7, 11) is -1.78. The largest absolute Gasteiger partial charge is 0.409 e. The van der Waals surface area contributed by atoms with Gasteiger partial charge in [0.05, 0.1) is 8.07 Å². The van der Waals surface area contributed by atoms with E-state index in [9.17, 15) is 13.2 Å². The average Bonchev–Trinajstić information content (AvgIpc) is 2.82. The van der Waals surface area contributed by atoms with Gasteiger partial charge < -0.3 is 0 Å². The molecule has 0 unspecified atom stereocenters. The Morgan fingerprint density at radius 3 is 2.50 bits per heavy atom. The summed E-state index contributed by atoms with van der Waals surface area (Å²) < 4.78 is 38.3. The zero-order valence-corrected chi connectivity index (χ0v) is 11.1.